The topological polar surface area (TPSA) is 48.8 Å². The summed E-state index contributed by atoms with van der Waals surface area (Å²) in [6.45, 7) is 11.3. The van der Waals surface area contributed by atoms with Gasteiger partial charge in [-0.2, -0.15) is 0 Å². The number of likely N-dealkylation sites (N-methyl/N-ethyl adjacent to an activating group) is 1. The second-order valence-corrected chi connectivity index (χ2v) is 9.16. The fourth-order valence-corrected chi connectivity index (χ4v) is 4.41. The van der Waals surface area contributed by atoms with Gasteiger partial charge in [-0.15, -0.1) is 36.2 Å². The fraction of sp³-hybridized carbons (Fsp3) is 0.435. The summed E-state index contributed by atoms with van der Waals surface area (Å²) in [4.78, 5) is 9.97. The Bertz CT molecular complexity index is 965. The predicted octanol–water partition coefficient (Wildman–Crippen LogP) is 5.10. The average Bonchev–Trinajstić information content (AvgIpc) is 3.20. The minimum atomic E-state index is -0.846. The van der Waals surface area contributed by atoms with Gasteiger partial charge in [-0.25, -0.2) is 4.98 Å². The molecule has 1 aliphatic heterocycles. The summed E-state index contributed by atoms with van der Waals surface area (Å²) in [6.07, 6.45) is 0. The summed E-state index contributed by atoms with van der Waals surface area (Å²) in [5.41, 5.74) is 1.22. The van der Waals surface area contributed by atoms with Crippen LogP contribution in [0.1, 0.15) is 20.8 Å². The van der Waals surface area contributed by atoms with E-state index in [0.29, 0.717) is 0 Å². The Labute approximate surface area is 200 Å². The zero-order chi connectivity index (χ0) is 20.4. The first-order valence-corrected chi connectivity index (χ1v) is 11.1. The third-order valence-corrected chi connectivity index (χ3v) is 6.16. The molecule has 170 valence electrons. The molecule has 3 aromatic rings. The third kappa shape index (κ3) is 6.24. The fourth-order valence-electron chi connectivity index (χ4n) is 3.59. The van der Waals surface area contributed by atoms with Crippen molar-refractivity contribution in [1.29, 1.82) is 0 Å². The number of halogens is 2. The molecule has 0 atom stereocenters. The molecule has 0 saturated carbocycles. The second kappa shape index (κ2) is 10.8. The first-order chi connectivity index (χ1) is 13.9. The molecule has 3 heterocycles. The summed E-state index contributed by atoms with van der Waals surface area (Å²) < 4.78 is 6.95. The normalized spacial score (nSPS) is 14.8. The number of thiophene rings is 1. The molecule has 5 nitrogen and oxygen atoms in total. The first-order valence-electron chi connectivity index (χ1n) is 10.2. The van der Waals surface area contributed by atoms with E-state index in [-0.39, 0.29) is 31.4 Å². The highest BCUT2D eigenvalue weighted by molar-refractivity contribution is 7.17. The number of piperazine rings is 1. The van der Waals surface area contributed by atoms with Gasteiger partial charge < -0.3 is 19.6 Å². The molecule has 1 aromatic carbocycles. The molecule has 31 heavy (non-hydrogen) atoms. The number of fused-ring (bicyclic) bond motifs is 1. The molecule has 1 aliphatic rings. The van der Waals surface area contributed by atoms with Crippen molar-refractivity contribution in [2.45, 2.75) is 26.4 Å². The van der Waals surface area contributed by atoms with Gasteiger partial charge in [0.2, 0.25) is 0 Å². The van der Waals surface area contributed by atoms with E-state index in [1.54, 1.807) is 25.2 Å². The van der Waals surface area contributed by atoms with E-state index in [1.165, 1.54) is 10.1 Å². The van der Waals surface area contributed by atoms with Crippen molar-refractivity contribution in [2.24, 2.45) is 0 Å². The predicted molar refractivity (Wildman–Crippen MR) is 136 cm³/mol. The monoisotopic (exact) mass is 483 g/mol. The van der Waals surface area contributed by atoms with E-state index in [9.17, 15) is 5.11 Å². The van der Waals surface area contributed by atoms with Crippen molar-refractivity contribution in [2.75, 3.05) is 44.2 Å². The van der Waals surface area contributed by atoms with Gasteiger partial charge in [0.15, 0.2) is 0 Å². The highest BCUT2D eigenvalue weighted by Gasteiger charge is 2.20. The van der Waals surface area contributed by atoms with E-state index < -0.39 is 5.60 Å². The van der Waals surface area contributed by atoms with E-state index in [2.05, 4.69) is 34.2 Å². The summed E-state index contributed by atoms with van der Waals surface area (Å²) in [7, 11) is 0. The van der Waals surface area contributed by atoms with E-state index in [0.717, 1.165) is 55.5 Å². The molecule has 4 rings (SSSR count). The molecule has 0 radical (unpaired) electrons. The number of benzene rings is 1. The Morgan fingerprint density at radius 3 is 2.35 bits per heavy atom. The number of hydrogen-bond donors (Lipinski definition) is 1. The average molecular weight is 484 g/mol. The lowest BCUT2D eigenvalue weighted by Crippen LogP contribution is -2.46. The number of aliphatic hydroxyl groups is 1. The largest absolute Gasteiger partial charge is 0.491 e. The van der Waals surface area contributed by atoms with Crippen LogP contribution in [0.3, 0.4) is 0 Å². The lowest BCUT2D eigenvalue weighted by Gasteiger charge is -2.35. The summed E-state index contributed by atoms with van der Waals surface area (Å²) in [6, 6.07) is 12.3. The SMILES string of the molecule is CCN1CCN(c2nc(-c3ccc(OCC(C)(C)O)cc3)cc3sccc23)CC1.Cl.Cl. The Hall–Kier alpha value is -1.57. The number of rotatable bonds is 6. The molecule has 0 aliphatic carbocycles. The highest BCUT2D eigenvalue weighted by atomic mass is 35.5. The molecule has 2 aromatic heterocycles. The van der Waals surface area contributed by atoms with Crippen molar-refractivity contribution in [3.05, 3.63) is 41.8 Å². The maximum atomic E-state index is 9.84. The molecule has 1 saturated heterocycles. The number of hydrogen-bond acceptors (Lipinski definition) is 6. The molecule has 8 heteroatoms. The van der Waals surface area contributed by atoms with Crippen molar-refractivity contribution >= 4 is 52.1 Å². The van der Waals surface area contributed by atoms with Gasteiger partial charge in [-0.05, 0) is 62.2 Å². The molecule has 1 N–H and O–H groups in total. The Balaban J connectivity index is 0.00000171. The van der Waals surface area contributed by atoms with Crippen LogP contribution in [0, 0.1) is 0 Å². The lowest BCUT2D eigenvalue weighted by atomic mass is 10.1. The van der Waals surface area contributed by atoms with Crippen molar-refractivity contribution in [1.82, 2.24) is 9.88 Å². The molecule has 1 fully saturated rings. The van der Waals surface area contributed by atoms with Gasteiger partial charge in [0, 0.05) is 41.8 Å². The zero-order valence-corrected chi connectivity index (χ0v) is 20.7. The quantitative estimate of drug-likeness (QED) is 0.528. The van der Waals surface area contributed by atoms with Crippen molar-refractivity contribution in [3.8, 4) is 17.0 Å². The Kier molecular flexibility index (Phi) is 8.98. The third-order valence-electron chi connectivity index (χ3n) is 5.29. The van der Waals surface area contributed by atoms with Crippen LogP contribution in [0.4, 0.5) is 5.82 Å². The summed E-state index contributed by atoms with van der Waals surface area (Å²) in [5.74, 6) is 1.85. The van der Waals surface area contributed by atoms with Gasteiger partial charge in [0.25, 0.3) is 0 Å². The minimum absolute atomic E-state index is 0. The van der Waals surface area contributed by atoms with Crippen LogP contribution in [-0.2, 0) is 0 Å². The highest BCUT2D eigenvalue weighted by Crippen LogP contribution is 2.34. The second-order valence-electron chi connectivity index (χ2n) is 8.21. The van der Waals surface area contributed by atoms with E-state index in [4.69, 9.17) is 9.72 Å². The van der Waals surface area contributed by atoms with Crippen LogP contribution < -0.4 is 9.64 Å². The van der Waals surface area contributed by atoms with Crippen LogP contribution >= 0.6 is 36.2 Å². The summed E-state index contributed by atoms with van der Waals surface area (Å²) in [5, 5.41) is 13.2. The maximum absolute atomic E-state index is 9.84. The number of anilines is 1. The van der Waals surface area contributed by atoms with Crippen LogP contribution in [-0.4, -0.2) is 59.9 Å². The number of nitrogens with zero attached hydrogens (tertiary/aromatic N) is 3. The first kappa shape index (κ1) is 25.7. The van der Waals surface area contributed by atoms with E-state index in [1.807, 2.05) is 24.3 Å². The van der Waals surface area contributed by atoms with Crippen molar-refractivity contribution in [3.63, 3.8) is 0 Å². The van der Waals surface area contributed by atoms with Gasteiger partial charge in [0.05, 0.1) is 11.3 Å². The van der Waals surface area contributed by atoms with Crippen LogP contribution in [0.25, 0.3) is 21.3 Å². The number of aromatic nitrogens is 1. The van der Waals surface area contributed by atoms with Gasteiger partial charge in [-0.1, -0.05) is 6.92 Å². The Morgan fingerprint density at radius 1 is 1.06 bits per heavy atom. The van der Waals surface area contributed by atoms with E-state index >= 15 is 0 Å². The molecule has 0 spiro atoms. The van der Waals surface area contributed by atoms with Gasteiger partial charge >= 0.3 is 0 Å². The molecular formula is C23H31Cl2N3O2S. The number of ether oxygens (including phenoxy) is 1. The number of pyridine rings is 1. The smallest absolute Gasteiger partial charge is 0.138 e. The van der Waals surface area contributed by atoms with Gasteiger partial charge in [-0.3, -0.25) is 0 Å². The van der Waals surface area contributed by atoms with Crippen LogP contribution in [0.5, 0.6) is 5.75 Å². The summed E-state index contributed by atoms with van der Waals surface area (Å²) >= 11 is 1.76. The standard InChI is InChI=1S/C23H29N3O2S.2ClH/c1-4-25-10-12-26(13-11-25)22-19-9-14-29-21(19)15-20(24-22)17-5-7-18(8-6-17)28-16-23(2,3)27;;/h5-9,14-15,27H,4,10-13,16H2,1-3H3;2*1H. The minimum Gasteiger partial charge on any atom is -0.491 e. The maximum Gasteiger partial charge on any atom is 0.138 e. The molecule has 0 amide bonds. The lowest BCUT2D eigenvalue weighted by molar-refractivity contribution is 0.0285. The molecule has 0 unspecified atom stereocenters. The van der Waals surface area contributed by atoms with Crippen molar-refractivity contribution < 1.29 is 9.84 Å². The molecular weight excluding hydrogens is 453 g/mol. The zero-order valence-electron chi connectivity index (χ0n) is 18.2. The van der Waals surface area contributed by atoms with Crippen LogP contribution in [0.2, 0.25) is 0 Å². The van der Waals surface area contributed by atoms with Gasteiger partial charge in [0.1, 0.15) is 18.2 Å². The van der Waals surface area contributed by atoms with Crippen LogP contribution in [0.15, 0.2) is 41.8 Å². The Morgan fingerprint density at radius 2 is 1.74 bits per heavy atom. The molecule has 0 bridgehead atoms.